The molecular formula is C17H28O4P+. The summed E-state index contributed by atoms with van der Waals surface area (Å²) in [7, 11) is -1.17. The largest absolute Gasteiger partial charge is 0.491 e. The SMILES string of the molecule is CCCC=O.CCCc1ccccc1CCCC=O.O=[PH+]O. The van der Waals surface area contributed by atoms with E-state index in [0.717, 1.165) is 38.3 Å². The molecule has 1 aromatic rings. The molecule has 22 heavy (non-hydrogen) atoms. The van der Waals surface area contributed by atoms with E-state index in [1.54, 1.807) is 0 Å². The highest BCUT2D eigenvalue weighted by Gasteiger charge is 1.99. The van der Waals surface area contributed by atoms with Crippen LogP contribution in [0.5, 0.6) is 0 Å². The van der Waals surface area contributed by atoms with Crippen LogP contribution in [-0.4, -0.2) is 17.5 Å². The number of benzene rings is 1. The molecule has 0 radical (unpaired) electrons. The first-order valence-corrected chi connectivity index (χ1v) is 8.52. The van der Waals surface area contributed by atoms with Crippen LogP contribution in [0.4, 0.5) is 0 Å². The van der Waals surface area contributed by atoms with Crippen LogP contribution in [0.3, 0.4) is 0 Å². The van der Waals surface area contributed by atoms with Crippen LogP contribution < -0.4 is 0 Å². The van der Waals surface area contributed by atoms with Gasteiger partial charge in [-0.05, 0) is 41.4 Å². The number of unbranched alkanes of at least 4 members (excludes halogenated alkanes) is 2. The quantitative estimate of drug-likeness (QED) is 0.444. The van der Waals surface area contributed by atoms with Gasteiger partial charge in [0.15, 0.2) is 0 Å². The number of hydrogen-bond donors (Lipinski definition) is 1. The Labute approximate surface area is 135 Å². The summed E-state index contributed by atoms with van der Waals surface area (Å²) in [6.45, 7) is 4.18. The summed E-state index contributed by atoms with van der Waals surface area (Å²) >= 11 is 0. The Morgan fingerprint density at radius 2 is 1.45 bits per heavy atom. The zero-order valence-electron chi connectivity index (χ0n) is 13.6. The molecule has 4 nitrogen and oxygen atoms in total. The van der Waals surface area contributed by atoms with Crippen molar-refractivity contribution in [2.75, 3.05) is 0 Å². The highest BCUT2D eigenvalue weighted by Crippen LogP contribution is 2.13. The molecule has 5 heteroatoms. The average molecular weight is 327 g/mol. The van der Waals surface area contributed by atoms with Crippen LogP contribution in [0.2, 0.25) is 0 Å². The number of aldehydes is 2. The van der Waals surface area contributed by atoms with Crippen molar-refractivity contribution in [1.82, 2.24) is 0 Å². The summed E-state index contributed by atoms with van der Waals surface area (Å²) in [5, 5.41) is 0. The molecule has 1 unspecified atom stereocenters. The Hall–Kier alpha value is -1.38. The second kappa shape index (κ2) is 19.6. The summed E-state index contributed by atoms with van der Waals surface area (Å²) in [4.78, 5) is 26.7. The molecule has 0 aliphatic rings. The van der Waals surface area contributed by atoms with Crippen LogP contribution >= 0.6 is 8.69 Å². The van der Waals surface area contributed by atoms with Crippen LogP contribution in [-0.2, 0) is 27.0 Å². The minimum atomic E-state index is -1.17. The Morgan fingerprint density at radius 1 is 0.955 bits per heavy atom. The van der Waals surface area contributed by atoms with Crippen LogP contribution in [0.1, 0.15) is 57.1 Å². The molecule has 0 spiro atoms. The van der Waals surface area contributed by atoms with Crippen LogP contribution in [0.15, 0.2) is 24.3 Å². The topological polar surface area (TPSA) is 71.4 Å². The fraction of sp³-hybridized carbons (Fsp3) is 0.529. The summed E-state index contributed by atoms with van der Waals surface area (Å²) in [5.74, 6) is 0. The molecule has 0 fully saturated rings. The Kier molecular flexibility index (Phi) is 20.4. The molecule has 0 saturated carbocycles. The predicted octanol–water partition coefficient (Wildman–Crippen LogP) is 4.06. The monoisotopic (exact) mass is 327 g/mol. The molecule has 0 aromatic heterocycles. The summed E-state index contributed by atoms with van der Waals surface area (Å²) in [5.41, 5.74) is 2.86. The number of carbonyl (C=O) groups excluding carboxylic acids is 2. The van der Waals surface area contributed by atoms with Gasteiger partial charge in [-0.15, -0.1) is 0 Å². The Morgan fingerprint density at radius 3 is 1.82 bits per heavy atom. The molecule has 0 amide bonds. The van der Waals surface area contributed by atoms with Gasteiger partial charge in [0.25, 0.3) is 0 Å². The fourth-order valence-electron chi connectivity index (χ4n) is 1.81. The number of carbonyl (C=O) groups is 2. The third-order valence-electron chi connectivity index (χ3n) is 2.81. The van der Waals surface area contributed by atoms with Crippen molar-refractivity contribution in [3.8, 4) is 0 Å². The number of aryl methyl sites for hydroxylation is 2. The molecule has 1 N–H and O–H groups in total. The van der Waals surface area contributed by atoms with Gasteiger partial charge in [-0.2, -0.15) is 4.89 Å². The molecule has 1 aromatic carbocycles. The van der Waals surface area contributed by atoms with Crippen molar-refractivity contribution in [2.45, 2.75) is 58.8 Å². The Balaban J connectivity index is 0. The van der Waals surface area contributed by atoms with Gasteiger partial charge in [-0.25, -0.2) is 0 Å². The van der Waals surface area contributed by atoms with E-state index >= 15 is 0 Å². The summed E-state index contributed by atoms with van der Waals surface area (Å²) in [6, 6.07) is 8.54. The van der Waals surface area contributed by atoms with Crippen molar-refractivity contribution in [1.29, 1.82) is 0 Å². The lowest BCUT2D eigenvalue weighted by atomic mass is 9.99. The maximum Gasteiger partial charge on any atom is 0.491 e. The number of rotatable bonds is 8. The van der Waals surface area contributed by atoms with Gasteiger partial charge in [-0.3, -0.25) is 0 Å². The lowest BCUT2D eigenvalue weighted by Gasteiger charge is -2.07. The Bertz CT molecular complexity index is 394. The standard InChI is InChI=1S/C13H18O.C4H8O.HO2P/c1-2-7-12-8-3-4-9-13(12)10-5-6-11-14;1-2-3-4-5;1-3-2/h3-4,8-9,11H,2,5-7,10H2,1H3;4H,2-3H2,1H3;3H/p+1. The lowest BCUT2D eigenvalue weighted by Crippen LogP contribution is -1.94. The van der Waals surface area contributed by atoms with E-state index < -0.39 is 8.69 Å². The van der Waals surface area contributed by atoms with Gasteiger partial charge >= 0.3 is 8.69 Å². The third kappa shape index (κ3) is 15.0. The minimum Gasteiger partial charge on any atom is -0.303 e. The molecule has 124 valence electrons. The minimum absolute atomic E-state index is 0.681. The second-order valence-corrected chi connectivity index (χ2v) is 4.81. The van der Waals surface area contributed by atoms with Crippen LogP contribution in [0.25, 0.3) is 0 Å². The van der Waals surface area contributed by atoms with E-state index in [1.807, 2.05) is 6.92 Å². The molecule has 0 saturated heterocycles. The normalized spacial score (nSPS) is 9.05. The van der Waals surface area contributed by atoms with Gasteiger partial charge in [-0.1, -0.05) is 44.5 Å². The predicted molar refractivity (Wildman–Crippen MR) is 91.6 cm³/mol. The number of hydrogen-bond acceptors (Lipinski definition) is 3. The maximum absolute atomic E-state index is 10.2. The summed E-state index contributed by atoms with van der Waals surface area (Å²) in [6.07, 6.45) is 8.65. The second-order valence-electron chi connectivity index (χ2n) is 4.62. The summed E-state index contributed by atoms with van der Waals surface area (Å²) < 4.78 is 8.51. The molecule has 1 rings (SSSR count). The third-order valence-corrected chi connectivity index (χ3v) is 2.81. The van der Waals surface area contributed by atoms with E-state index in [0.29, 0.717) is 12.8 Å². The first-order chi connectivity index (χ1) is 10.7. The van der Waals surface area contributed by atoms with Crippen molar-refractivity contribution in [3.63, 3.8) is 0 Å². The van der Waals surface area contributed by atoms with Crippen LogP contribution in [0, 0.1) is 0 Å². The smallest absolute Gasteiger partial charge is 0.303 e. The van der Waals surface area contributed by atoms with E-state index in [2.05, 4.69) is 31.2 Å². The van der Waals surface area contributed by atoms with Gasteiger partial charge in [0.1, 0.15) is 12.6 Å². The fourth-order valence-corrected chi connectivity index (χ4v) is 1.81. The van der Waals surface area contributed by atoms with E-state index in [1.165, 1.54) is 17.5 Å². The maximum atomic E-state index is 10.2. The van der Waals surface area contributed by atoms with Gasteiger partial charge in [0.2, 0.25) is 0 Å². The zero-order valence-corrected chi connectivity index (χ0v) is 14.6. The van der Waals surface area contributed by atoms with Crippen molar-refractivity contribution in [3.05, 3.63) is 35.4 Å². The van der Waals surface area contributed by atoms with Crippen molar-refractivity contribution >= 4 is 21.3 Å². The highest BCUT2D eigenvalue weighted by atomic mass is 31.1. The molecule has 0 bridgehead atoms. The molecule has 0 aliphatic heterocycles. The zero-order chi connectivity index (χ0) is 17.1. The van der Waals surface area contributed by atoms with Crippen molar-refractivity contribution in [2.24, 2.45) is 0 Å². The molecule has 0 heterocycles. The van der Waals surface area contributed by atoms with Gasteiger partial charge < -0.3 is 9.59 Å². The van der Waals surface area contributed by atoms with E-state index in [9.17, 15) is 9.59 Å². The first kappa shape index (κ1) is 22.9. The molecule has 0 aliphatic carbocycles. The van der Waals surface area contributed by atoms with E-state index in [-0.39, 0.29) is 0 Å². The first-order valence-electron chi connectivity index (χ1n) is 7.66. The van der Waals surface area contributed by atoms with Crippen molar-refractivity contribution < 1.29 is 19.0 Å². The average Bonchev–Trinajstić information content (AvgIpc) is 2.52. The molecular weight excluding hydrogens is 299 g/mol. The lowest BCUT2D eigenvalue weighted by molar-refractivity contribution is -0.108. The van der Waals surface area contributed by atoms with E-state index in [4.69, 9.17) is 9.46 Å². The molecule has 1 atom stereocenters. The van der Waals surface area contributed by atoms with Gasteiger partial charge in [0.05, 0.1) is 0 Å². The highest BCUT2D eigenvalue weighted by molar-refractivity contribution is 7.16. The van der Waals surface area contributed by atoms with Gasteiger partial charge in [0, 0.05) is 12.8 Å².